The predicted octanol–water partition coefficient (Wildman–Crippen LogP) is 1.75. The molecule has 0 aliphatic carbocycles. The van der Waals surface area contributed by atoms with Crippen LogP contribution in [0.5, 0.6) is 17.2 Å². The first-order valence-corrected chi connectivity index (χ1v) is 9.85. The Hall–Kier alpha value is -3.07. The van der Waals surface area contributed by atoms with Crippen LogP contribution in [-0.2, 0) is 12.1 Å². The summed E-state index contributed by atoms with van der Waals surface area (Å²) in [5.74, 6) is 0.0664. The lowest BCUT2D eigenvalue weighted by Crippen LogP contribution is -2.47. The number of H-pyrrole nitrogens is 1. The van der Waals surface area contributed by atoms with Gasteiger partial charge in [-0.05, 0) is 45.8 Å². The second-order valence-electron chi connectivity index (χ2n) is 7.60. The molecular weight excluding hydrogens is 388 g/mol. The molecule has 0 radical (unpaired) electrons. The average Bonchev–Trinajstić information content (AvgIpc) is 2.75. The predicted molar refractivity (Wildman–Crippen MR) is 111 cm³/mol. The van der Waals surface area contributed by atoms with Crippen molar-refractivity contribution in [2.24, 2.45) is 0 Å². The fourth-order valence-electron chi connectivity index (χ4n) is 3.79. The van der Waals surface area contributed by atoms with Crippen LogP contribution in [0.3, 0.4) is 0 Å². The van der Waals surface area contributed by atoms with Crippen molar-refractivity contribution in [2.45, 2.75) is 38.3 Å². The minimum Gasteiger partial charge on any atom is -0.501 e. The topological polar surface area (TPSA) is 117 Å². The summed E-state index contributed by atoms with van der Waals surface area (Å²) < 4.78 is 10.6. The Kier molecular flexibility index (Phi) is 6.31. The molecule has 1 aliphatic rings. The molecule has 0 saturated carbocycles. The van der Waals surface area contributed by atoms with Crippen LogP contribution in [0.4, 0.5) is 0 Å². The van der Waals surface area contributed by atoms with E-state index in [9.17, 15) is 14.7 Å². The number of nitrogens with zero attached hydrogens (tertiary/aromatic N) is 2. The van der Waals surface area contributed by atoms with Crippen LogP contribution in [-0.4, -0.2) is 53.7 Å². The number of hydrogen-bond acceptors (Lipinski definition) is 7. The van der Waals surface area contributed by atoms with Crippen molar-refractivity contribution in [1.29, 1.82) is 0 Å². The number of nitrogens with one attached hydrogen (secondary N) is 2. The van der Waals surface area contributed by atoms with Crippen molar-refractivity contribution in [3.05, 3.63) is 45.6 Å². The molecule has 1 atom stereocenters. The molecular formula is C21H28N4O5. The van der Waals surface area contributed by atoms with Crippen LogP contribution in [0.1, 0.15) is 48.1 Å². The molecule has 1 aliphatic heterocycles. The SMILES string of the molecule is COc1cccc(CNC(=O)c2nc(C3(C)CCCCN3C)[nH]c(=O)c2O)c1OC. The number of amides is 1. The Balaban J connectivity index is 1.88. The van der Waals surface area contributed by atoms with E-state index in [1.165, 1.54) is 14.2 Å². The monoisotopic (exact) mass is 416 g/mol. The smallest absolute Gasteiger partial charge is 0.293 e. The van der Waals surface area contributed by atoms with Gasteiger partial charge in [0, 0.05) is 12.1 Å². The van der Waals surface area contributed by atoms with E-state index in [0.29, 0.717) is 22.9 Å². The molecule has 2 heterocycles. The molecule has 1 aromatic heterocycles. The van der Waals surface area contributed by atoms with Gasteiger partial charge in [-0.3, -0.25) is 14.5 Å². The Morgan fingerprint density at radius 3 is 2.77 bits per heavy atom. The second-order valence-corrected chi connectivity index (χ2v) is 7.60. The van der Waals surface area contributed by atoms with Crippen molar-refractivity contribution in [3.8, 4) is 17.2 Å². The molecule has 3 rings (SSSR count). The normalized spacial score (nSPS) is 19.3. The van der Waals surface area contributed by atoms with Crippen LogP contribution in [0.25, 0.3) is 0 Å². The average molecular weight is 416 g/mol. The van der Waals surface area contributed by atoms with Gasteiger partial charge in [0.05, 0.1) is 19.8 Å². The molecule has 2 aromatic rings. The molecule has 1 fully saturated rings. The zero-order chi connectivity index (χ0) is 21.9. The van der Waals surface area contributed by atoms with E-state index >= 15 is 0 Å². The zero-order valence-electron chi connectivity index (χ0n) is 17.7. The summed E-state index contributed by atoms with van der Waals surface area (Å²) in [5, 5.41) is 12.9. The zero-order valence-corrected chi connectivity index (χ0v) is 17.7. The van der Waals surface area contributed by atoms with E-state index in [-0.39, 0.29) is 12.2 Å². The summed E-state index contributed by atoms with van der Waals surface area (Å²) in [6.07, 6.45) is 2.84. The van der Waals surface area contributed by atoms with Crippen molar-refractivity contribution in [2.75, 3.05) is 27.8 Å². The van der Waals surface area contributed by atoms with Gasteiger partial charge < -0.3 is 24.9 Å². The number of methoxy groups -OCH3 is 2. The fraction of sp³-hybridized carbons (Fsp3) is 0.476. The Bertz CT molecular complexity index is 990. The molecule has 162 valence electrons. The maximum Gasteiger partial charge on any atom is 0.293 e. The van der Waals surface area contributed by atoms with Gasteiger partial charge in [0.15, 0.2) is 17.2 Å². The number of aromatic hydroxyl groups is 1. The third-order valence-electron chi connectivity index (χ3n) is 5.79. The molecule has 9 nitrogen and oxygen atoms in total. The van der Waals surface area contributed by atoms with Gasteiger partial charge in [0.2, 0.25) is 5.75 Å². The van der Waals surface area contributed by atoms with E-state index in [2.05, 4.69) is 20.2 Å². The van der Waals surface area contributed by atoms with Gasteiger partial charge >= 0.3 is 0 Å². The van der Waals surface area contributed by atoms with Crippen LogP contribution in [0.15, 0.2) is 23.0 Å². The van der Waals surface area contributed by atoms with Crippen molar-refractivity contribution in [3.63, 3.8) is 0 Å². The number of aromatic amines is 1. The Labute approximate surface area is 175 Å². The lowest BCUT2D eigenvalue weighted by atomic mass is 9.88. The highest BCUT2D eigenvalue weighted by Gasteiger charge is 2.37. The summed E-state index contributed by atoms with van der Waals surface area (Å²) in [7, 11) is 5.00. The molecule has 30 heavy (non-hydrogen) atoms. The highest BCUT2D eigenvalue weighted by molar-refractivity contribution is 5.94. The largest absolute Gasteiger partial charge is 0.501 e. The minimum atomic E-state index is -0.732. The summed E-state index contributed by atoms with van der Waals surface area (Å²) in [6, 6.07) is 5.32. The second kappa shape index (κ2) is 8.74. The van der Waals surface area contributed by atoms with Gasteiger partial charge in [-0.25, -0.2) is 4.98 Å². The first kappa shape index (κ1) is 21.6. The molecule has 1 saturated heterocycles. The molecule has 9 heteroatoms. The van der Waals surface area contributed by atoms with E-state index in [1.807, 2.05) is 14.0 Å². The summed E-state index contributed by atoms with van der Waals surface area (Å²) in [5.41, 5.74) is -0.857. The van der Waals surface area contributed by atoms with Crippen molar-refractivity contribution < 1.29 is 19.4 Å². The third kappa shape index (κ3) is 3.97. The molecule has 1 aromatic carbocycles. The molecule has 0 spiro atoms. The van der Waals surface area contributed by atoms with Gasteiger partial charge in [0.1, 0.15) is 5.82 Å². The molecule has 3 N–H and O–H groups in total. The molecule has 1 unspecified atom stereocenters. The lowest BCUT2D eigenvalue weighted by Gasteiger charge is -2.41. The number of carbonyl (C=O) groups excluding carboxylic acids is 1. The molecule has 0 bridgehead atoms. The maximum atomic E-state index is 12.8. The van der Waals surface area contributed by atoms with E-state index in [1.54, 1.807) is 18.2 Å². The number of likely N-dealkylation sites (tertiary alicyclic amines) is 1. The first-order valence-electron chi connectivity index (χ1n) is 9.85. The molecule has 1 amide bonds. The highest BCUT2D eigenvalue weighted by Crippen LogP contribution is 2.34. The van der Waals surface area contributed by atoms with Gasteiger partial charge in [-0.1, -0.05) is 12.1 Å². The number of carbonyl (C=O) groups is 1. The minimum absolute atomic E-state index is 0.111. The van der Waals surface area contributed by atoms with Gasteiger partial charge in [-0.15, -0.1) is 0 Å². The van der Waals surface area contributed by atoms with E-state index in [4.69, 9.17) is 9.47 Å². The van der Waals surface area contributed by atoms with Crippen molar-refractivity contribution >= 4 is 5.91 Å². The lowest BCUT2D eigenvalue weighted by molar-refractivity contribution is 0.0785. The van der Waals surface area contributed by atoms with Gasteiger partial charge in [0.25, 0.3) is 11.5 Å². The Morgan fingerprint density at radius 1 is 1.33 bits per heavy atom. The van der Waals surface area contributed by atoms with Gasteiger partial charge in [-0.2, -0.15) is 0 Å². The van der Waals surface area contributed by atoms with Crippen LogP contribution < -0.4 is 20.3 Å². The Morgan fingerprint density at radius 2 is 2.10 bits per heavy atom. The number of benzene rings is 1. The van der Waals surface area contributed by atoms with E-state index in [0.717, 1.165) is 25.8 Å². The number of para-hydroxylation sites is 1. The summed E-state index contributed by atoms with van der Waals surface area (Å²) >= 11 is 0. The van der Waals surface area contributed by atoms with Crippen LogP contribution >= 0.6 is 0 Å². The summed E-state index contributed by atoms with van der Waals surface area (Å²) in [6.45, 7) is 2.95. The van der Waals surface area contributed by atoms with Crippen LogP contribution in [0, 0.1) is 0 Å². The number of rotatable bonds is 6. The quantitative estimate of drug-likeness (QED) is 0.657. The number of piperidine rings is 1. The highest BCUT2D eigenvalue weighted by atomic mass is 16.5. The van der Waals surface area contributed by atoms with E-state index < -0.39 is 22.8 Å². The number of ether oxygens (including phenoxy) is 2. The summed E-state index contributed by atoms with van der Waals surface area (Å²) in [4.78, 5) is 34.2. The maximum absolute atomic E-state index is 12.8. The standard InChI is InChI=1S/C21H28N4O5/c1-21(10-5-6-11-25(21)2)20-23-15(16(26)19(28)24-20)18(27)22-12-13-8-7-9-14(29-3)17(13)30-4/h7-9,26H,5-6,10-12H2,1-4H3,(H,22,27)(H,23,24,28). The number of aromatic nitrogens is 2. The fourth-order valence-corrected chi connectivity index (χ4v) is 3.79. The number of hydrogen-bond donors (Lipinski definition) is 3. The first-order chi connectivity index (χ1) is 14.3. The van der Waals surface area contributed by atoms with Crippen LogP contribution in [0.2, 0.25) is 0 Å². The van der Waals surface area contributed by atoms with Crippen molar-refractivity contribution in [1.82, 2.24) is 20.2 Å². The third-order valence-corrected chi connectivity index (χ3v) is 5.79.